The molecule has 0 bridgehead atoms. The Hall–Kier alpha value is -1.94. The van der Waals surface area contributed by atoms with Gasteiger partial charge >= 0.3 is 0 Å². The Labute approximate surface area is 153 Å². The van der Waals surface area contributed by atoms with E-state index in [9.17, 15) is 10.1 Å². The minimum absolute atomic E-state index is 0.0396. The topological polar surface area (TPSA) is 97.5 Å². The molecule has 1 N–H and O–H groups in total. The van der Waals surface area contributed by atoms with Gasteiger partial charge in [0.05, 0.1) is 45.0 Å². The molecule has 0 atom stereocenters. The van der Waals surface area contributed by atoms with Gasteiger partial charge in [-0.3, -0.25) is 19.9 Å². The zero-order valence-electron chi connectivity index (χ0n) is 15.3. The second kappa shape index (κ2) is 10.3. The lowest BCUT2D eigenvalue weighted by Crippen LogP contribution is -2.46. The molecule has 1 aliphatic rings. The maximum atomic E-state index is 11.4. The lowest BCUT2D eigenvalue weighted by Gasteiger charge is -2.34. The van der Waals surface area contributed by atoms with Gasteiger partial charge in [0.1, 0.15) is 0 Å². The first kappa shape index (κ1) is 20.4. The quantitative estimate of drug-likeness (QED) is 0.366. The average molecular weight is 369 g/mol. The van der Waals surface area contributed by atoms with E-state index < -0.39 is 0 Å². The van der Waals surface area contributed by atoms with Crippen molar-refractivity contribution >= 4 is 5.69 Å². The van der Waals surface area contributed by atoms with E-state index in [1.807, 2.05) is 0 Å². The molecular weight excluding hydrogens is 342 g/mol. The molecule has 1 fully saturated rings. The molecule has 0 amide bonds. The van der Waals surface area contributed by atoms with Crippen LogP contribution in [-0.4, -0.2) is 86.6 Å². The fraction of sp³-hybridized carbons (Fsp3) is 0.647. The number of benzene rings is 1. The van der Waals surface area contributed by atoms with Crippen LogP contribution in [0, 0.1) is 10.1 Å². The smallest absolute Gasteiger partial charge is 0.277 e. The van der Waals surface area contributed by atoms with Crippen molar-refractivity contribution in [2.24, 2.45) is 0 Å². The third-order valence-corrected chi connectivity index (χ3v) is 4.43. The van der Waals surface area contributed by atoms with Gasteiger partial charge in [-0.2, -0.15) is 0 Å². The highest BCUT2D eigenvalue weighted by Gasteiger charge is 2.23. The molecule has 26 heavy (non-hydrogen) atoms. The van der Waals surface area contributed by atoms with Crippen LogP contribution in [0.1, 0.15) is 5.56 Å². The molecule has 0 aliphatic carbocycles. The lowest BCUT2D eigenvalue weighted by atomic mass is 10.1. The summed E-state index contributed by atoms with van der Waals surface area (Å²) >= 11 is 0. The molecule has 1 aromatic rings. The summed E-state index contributed by atoms with van der Waals surface area (Å²) in [6.45, 7) is 5.72. The molecule has 2 rings (SSSR count). The first-order valence-electron chi connectivity index (χ1n) is 8.61. The number of nitro benzene ring substituents is 1. The SMILES string of the molecule is COc1cc(CN2CCN(CCOCCO)CC2)c([N+](=O)[O-])cc1OC. The van der Waals surface area contributed by atoms with Gasteiger partial charge in [0.15, 0.2) is 11.5 Å². The number of nitro groups is 1. The van der Waals surface area contributed by atoms with Gasteiger partial charge in [0, 0.05) is 44.8 Å². The Morgan fingerprint density at radius 2 is 1.69 bits per heavy atom. The second-order valence-corrected chi connectivity index (χ2v) is 6.05. The van der Waals surface area contributed by atoms with Crippen molar-refractivity contribution in [3.63, 3.8) is 0 Å². The third kappa shape index (κ3) is 5.53. The van der Waals surface area contributed by atoms with Crippen molar-refractivity contribution in [2.75, 3.05) is 66.8 Å². The molecule has 9 nitrogen and oxygen atoms in total. The van der Waals surface area contributed by atoms with E-state index in [2.05, 4.69) is 9.80 Å². The molecular formula is C17H27N3O6. The number of ether oxygens (including phenoxy) is 3. The first-order chi connectivity index (χ1) is 12.6. The number of piperazine rings is 1. The van der Waals surface area contributed by atoms with Crippen LogP contribution in [-0.2, 0) is 11.3 Å². The predicted octanol–water partition coefficient (Wildman–Crippen LogP) is 0.739. The van der Waals surface area contributed by atoms with Gasteiger partial charge in [-0.15, -0.1) is 0 Å². The van der Waals surface area contributed by atoms with Crippen LogP contribution in [0.15, 0.2) is 12.1 Å². The Bertz CT molecular complexity index is 590. The van der Waals surface area contributed by atoms with Gasteiger partial charge in [-0.05, 0) is 6.07 Å². The van der Waals surface area contributed by atoms with E-state index in [1.165, 1.54) is 20.3 Å². The standard InChI is InChI=1S/C17H27N3O6/c1-24-16-11-14(15(20(22)23)12-17(16)25-2)13-19-5-3-18(4-6-19)7-9-26-10-8-21/h11-12,21H,3-10,13H2,1-2H3. The van der Waals surface area contributed by atoms with E-state index in [-0.39, 0.29) is 17.2 Å². The summed E-state index contributed by atoms with van der Waals surface area (Å²) in [5.74, 6) is 0.850. The van der Waals surface area contributed by atoms with Crippen molar-refractivity contribution in [2.45, 2.75) is 6.54 Å². The summed E-state index contributed by atoms with van der Waals surface area (Å²) in [5.41, 5.74) is 0.662. The summed E-state index contributed by atoms with van der Waals surface area (Å²) in [6, 6.07) is 3.11. The fourth-order valence-corrected chi connectivity index (χ4v) is 2.98. The van der Waals surface area contributed by atoms with E-state index in [0.717, 1.165) is 32.7 Å². The van der Waals surface area contributed by atoms with E-state index in [1.54, 1.807) is 6.07 Å². The molecule has 0 radical (unpaired) electrons. The largest absolute Gasteiger partial charge is 0.493 e. The lowest BCUT2D eigenvalue weighted by molar-refractivity contribution is -0.385. The third-order valence-electron chi connectivity index (χ3n) is 4.43. The van der Waals surface area contributed by atoms with E-state index in [4.69, 9.17) is 19.3 Å². The van der Waals surface area contributed by atoms with Crippen LogP contribution in [0.4, 0.5) is 5.69 Å². The summed E-state index contributed by atoms with van der Waals surface area (Å²) < 4.78 is 15.7. The number of rotatable bonds is 10. The fourth-order valence-electron chi connectivity index (χ4n) is 2.98. The second-order valence-electron chi connectivity index (χ2n) is 6.05. The molecule has 1 saturated heterocycles. The maximum absolute atomic E-state index is 11.4. The summed E-state index contributed by atoms with van der Waals surface area (Å²) in [6.07, 6.45) is 0. The summed E-state index contributed by atoms with van der Waals surface area (Å²) in [7, 11) is 2.98. The highest BCUT2D eigenvalue weighted by molar-refractivity contribution is 5.54. The molecule has 0 aromatic heterocycles. The minimum Gasteiger partial charge on any atom is -0.493 e. The number of aliphatic hydroxyl groups excluding tert-OH is 1. The van der Waals surface area contributed by atoms with Gasteiger partial charge in [0.2, 0.25) is 0 Å². The van der Waals surface area contributed by atoms with Crippen LogP contribution < -0.4 is 9.47 Å². The molecule has 0 saturated carbocycles. The van der Waals surface area contributed by atoms with Crippen LogP contribution in [0.3, 0.4) is 0 Å². The highest BCUT2D eigenvalue weighted by Crippen LogP contribution is 2.35. The molecule has 0 spiro atoms. The maximum Gasteiger partial charge on any atom is 0.277 e. The van der Waals surface area contributed by atoms with Crippen molar-refractivity contribution in [3.8, 4) is 11.5 Å². The van der Waals surface area contributed by atoms with Crippen molar-refractivity contribution < 1.29 is 24.2 Å². The minimum atomic E-state index is -0.383. The van der Waals surface area contributed by atoms with Crippen LogP contribution in [0.2, 0.25) is 0 Å². The first-order valence-corrected chi connectivity index (χ1v) is 8.61. The van der Waals surface area contributed by atoms with Crippen LogP contribution >= 0.6 is 0 Å². The summed E-state index contributed by atoms with van der Waals surface area (Å²) in [4.78, 5) is 15.5. The number of aliphatic hydroxyl groups is 1. The zero-order valence-corrected chi connectivity index (χ0v) is 15.3. The normalized spacial score (nSPS) is 15.8. The van der Waals surface area contributed by atoms with Gasteiger partial charge < -0.3 is 19.3 Å². The molecule has 0 unspecified atom stereocenters. The van der Waals surface area contributed by atoms with E-state index in [0.29, 0.717) is 36.8 Å². The van der Waals surface area contributed by atoms with Gasteiger partial charge in [-0.1, -0.05) is 0 Å². The predicted molar refractivity (Wildman–Crippen MR) is 95.8 cm³/mol. The monoisotopic (exact) mass is 369 g/mol. The average Bonchev–Trinajstić information content (AvgIpc) is 2.66. The highest BCUT2D eigenvalue weighted by atomic mass is 16.6. The molecule has 146 valence electrons. The van der Waals surface area contributed by atoms with Crippen molar-refractivity contribution in [1.82, 2.24) is 9.80 Å². The Morgan fingerprint density at radius 1 is 1.08 bits per heavy atom. The number of methoxy groups -OCH3 is 2. The van der Waals surface area contributed by atoms with Gasteiger partial charge in [0.25, 0.3) is 5.69 Å². The number of hydrogen-bond acceptors (Lipinski definition) is 8. The summed E-state index contributed by atoms with van der Waals surface area (Å²) in [5, 5.41) is 20.1. The molecule has 9 heteroatoms. The van der Waals surface area contributed by atoms with E-state index >= 15 is 0 Å². The Kier molecular flexibility index (Phi) is 8.05. The van der Waals surface area contributed by atoms with Gasteiger partial charge in [-0.25, -0.2) is 0 Å². The Morgan fingerprint density at radius 3 is 2.27 bits per heavy atom. The Balaban J connectivity index is 1.95. The molecule has 1 aliphatic heterocycles. The molecule has 1 aromatic carbocycles. The zero-order chi connectivity index (χ0) is 18.9. The number of nitrogens with zero attached hydrogens (tertiary/aromatic N) is 3. The van der Waals surface area contributed by atoms with Crippen LogP contribution in [0.25, 0.3) is 0 Å². The van der Waals surface area contributed by atoms with Crippen LogP contribution in [0.5, 0.6) is 11.5 Å². The van der Waals surface area contributed by atoms with Crippen molar-refractivity contribution in [3.05, 3.63) is 27.8 Å². The number of hydrogen-bond donors (Lipinski definition) is 1. The molecule has 1 heterocycles. The van der Waals surface area contributed by atoms with Crippen molar-refractivity contribution in [1.29, 1.82) is 0 Å².